The van der Waals surface area contributed by atoms with Gasteiger partial charge in [0, 0.05) is 27.5 Å². The molecule has 0 aliphatic carbocycles. The van der Waals surface area contributed by atoms with Gasteiger partial charge in [-0.15, -0.1) is 0 Å². The molecule has 0 N–H and O–H groups in total. The molecule has 0 unspecified atom stereocenters. The molecule has 10 rings (SSSR count). The lowest BCUT2D eigenvalue weighted by Gasteiger charge is -2.17. The highest BCUT2D eigenvalue weighted by Gasteiger charge is 2.21. The molecule has 4 nitrogen and oxygen atoms in total. The van der Waals surface area contributed by atoms with E-state index in [1.807, 2.05) is 158 Å². The van der Waals surface area contributed by atoms with Gasteiger partial charge in [-0.3, -0.25) is 0 Å². The first kappa shape index (κ1) is 24.7. The Kier molecular flexibility index (Phi) is 6.23. The number of nitrogens with zero attached hydrogens (tertiary/aromatic N) is 4. The Morgan fingerprint density at radius 2 is 0.764 bits per heavy atom. The second-order valence-corrected chi connectivity index (χ2v) is 13.0. The number of aromatic nitrogens is 4. The number of rotatable bonds is 7. The first-order valence-corrected chi connectivity index (χ1v) is 17.9. The van der Waals surface area contributed by atoms with Crippen LogP contribution in [0.25, 0.3) is 95.0 Å². The lowest BCUT2D eigenvalue weighted by Crippen LogP contribution is -2.04. The van der Waals surface area contributed by atoms with Crippen LogP contribution in [-0.2, 0) is 0 Å². The van der Waals surface area contributed by atoms with Crippen LogP contribution in [0.3, 0.4) is 0 Å². The average Bonchev–Trinajstić information content (AvgIpc) is 3.71. The summed E-state index contributed by atoms with van der Waals surface area (Å²) >= 11 is 0. The summed E-state index contributed by atoms with van der Waals surface area (Å²) in [7, 11) is 0. The summed E-state index contributed by atoms with van der Waals surface area (Å²) in [5.41, 5.74) is 7.80. The minimum Gasteiger partial charge on any atom is -0.308 e. The van der Waals surface area contributed by atoms with Gasteiger partial charge in [0.1, 0.15) is 0 Å². The van der Waals surface area contributed by atoms with E-state index in [1.165, 1.54) is 4.57 Å². The van der Waals surface area contributed by atoms with E-state index < -0.39 is 48.3 Å². The molecule has 258 valence electrons. The van der Waals surface area contributed by atoms with Crippen LogP contribution in [-0.4, -0.2) is 19.5 Å². The molecular formula is C51H34N4. The minimum absolute atomic E-state index is 0.00759. The Morgan fingerprint density at radius 1 is 0.345 bits per heavy atom. The van der Waals surface area contributed by atoms with Gasteiger partial charge < -0.3 is 4.57 Å². The summed E-state index contributed by atoms with van der Waals surface area (Å²) in [6, 6.07) is 47.4. The van der Waals surface area contributed by atoms with Crippen molar-refractivity contribution in [2.24, 2.45) is 0 Å². The Hall–Kier alpha value is -7.43. The quantitative estimate of drug-likeness (QED) is 0.165. The largest absolute Gasteiger partial charge is 0.308 e. The summed E-state index contributed by atoms with van der Waals surface area (Å²) < 4.78 is 73.4. The van der Waals surface area contributed by atoms with Gasteiger partial charge in [-0.2, -0.15) is 0 Å². The van der Waals surface area contributed by atoms with Gasteiger partial charge in [0.25, 0.3) is 0 Å². The summed E-state index contributed by atoms with van der Waals surface area (Å²) in [4.78, 5) is 15.1. The van der Waals surface area contributed by atoms with Crippen molar-refractivity contribution in [3.05, 3.63) is 206 Å². The molecule has 10 aromatic rings. The minimum atomic E-state index is -0.516. The third-order valence-corrected chi connectivity index (χ3v) is 9.75. The summed E-state index contributed by atoms with van der Waals surface area (Å²) in [5.74, 6) is 1.01. The first-order valence-electron chi connectivity index (χ1n) is 21.9. The van der Waals surface area contributed by atoms with E-state index in [0.717, 1.165) is 44.5 Å². The SMILES string of the molecule is [2H]c1c([2H])c([2H])c2c(c1[2H])c1c([2H])c([2H])c([2H])c([2H])c1n2-c1cc(-c2ccccc2-c2ccccc2)ccc1-c1nc(-c2ccccc2)nc(-c2ccc(-c3ccccc3)cc2)n1. The molecule has 0 amide bonds. The van der Waals surface area contributed by atoms with Gasteiger partial charge in [-0.1, -0.05) is 182 Å². The van der Waals surface area contributed by atoms with Gasteiger partial charge in [-0.25, -0.2) is 15.0 Å². The Bertz CT molecular complexity index is 3340. The second kappa shape index (κ2) is 13.8. The van der Waals surface area contributed by atoms with Crippen LogP contribution >= 0.6 is 0 Å². The number of benzene rings is 8. The van der Waals surface area contributed by atoms with Crippen molar-refractivity contribution in [1.29, 1.82) is 0 Å². The van der Waals surface area contributed by atoms with Crippen molar-refractivity contribution in [3.8, 4) is 73.2 Å². The maximum atomic E-state index is 9.34. The number of hydrogen-bond acceptors (Lipinski definition) is 3. The van der Waals surface area contributed by atoms with Crippen LogP contribution < -0.4 is 0 Å². The third kappa shape index (κ3) is 5.96. The summed E-state index contributed by atoms with van der Waals surface area (Å²) in [6.45, 7) is 0. The molecule has 8 aromatic carbocycles. The van der Waals surface area contributed by atoms with E-state index in [-0.39, 0.29) is 27.6 Å². The van der Waals surface area contributed by atoms with Crippen molar-refractivity contribution < 1.29 is 11.0 Å². The zero-order valence-corrected chi connectivity index (χ0v) is 29.3. The van der Waals surface area contributed by atoms with Crippen LogP contribution in [0, 0.1) is 0 Å². The van der Waals surface area contributed by atoms with Crippen LogP contribution in [0.5, 0.6) is 0 Å². The van der Waals surface area contributed by atoms with Crippen molar-refractivity contribution >= 4 is 21.8 Å². The topological polar surface area (TPSA) is 43.6 Å². The molecule has 0 spiro atoms. The van der Waals surface area contributed by atoms with Gasteiger partial charge in [0.05, 0.1) is 27.7 Å². The van der Waals surface area contributed by atoms with Crippen LogP contribution in [0.1, 0.15) is 11.0 Å². The molecule has 0 atom stereocenters. The second-order valence-electron chi connectivity index (χ2n) is 13.0. The third-order valence-electron chi connectivity index (χ3n) is 9.75. The smallest absolute Gasteiger partial charge is 0.166 e. The first-order chi connectivity index (χ1) is 30.6. The monoisotopic (exact) mass is 710 g/mol. The van der Waals surface area contributed by atoms with E-state index in [9.17, 15) is 2.74 Å². The van der Waals surface area contributed by atoms with Crippen LogP contribution in [0.15, 0.2) is 206 Å². The number of hydrogen-bond donors (Lipinski definition) is 0. The average molecular weight is 711 g/mol. The van der Waals surface area contributed by atoms with Crippen molar-refractivity contribution in [1.82, 2.24) is 19.5 Å². The summed E-state index contributed by atoms with van der Waals surface area (Å²) in [5, 5.41) is -0.0484. The van der Waals surface area contributed by atoms with E-state index in [0.29, 0.717) is 22.9 Å². The van der Waals surface area contributed by atoms with E-state index in [1.54, 1.807) is 0 Å². The molecule has 0 saturated carbocycles. The van der Waals surface area contributed by atoms with Gasteiger partial charge in [0.2, 0.25) is 0 Å². The highest BCUT2D eigenvalue weighted by Crippen LogP contribution is 2.40. The fraction of sp³-hybridized carbons (Fsp3) is 0. The predicted molar refractivity (Wildman–Crippen MR) is 227 cm³/mol. The predicted octanol–water partition coefficient (Wildman–Crippen LogP) is 13.0. The number of para-hydroxylation sites is 2. The molecular weight excluding hydrogens is 669 g/mol. The molecule has 0 fully saturated rings. The highest BCUT2D eigenvalue weighted by molar-refractivity contribution is 6.10. The van der Waals surface area contributed by atoms with E-state index in [2.05, 4.69) is 0 Å². The molecule has 4 heteroatoms. The van der Waals surface area contributed by atoms with E-state index >= 15 is 0 Å². The Morgan fingerprint density at radius 3 is 1.36 bits per heavy atom. The van der Waals surface area contributed by atoms with Gasteiger partial charge >= 0.3 is 0 Å². The molecule has 55 heavy (non-hydrogen) atoms. The molecule has 2 heterocycles. The van der Waals surface area contributed by atoms with Gasteiger partial charge in [0.15, 0.2) is 17.5 Å². The Balaban J connectivity index is 1.32. The molecule has 2 aromatic heterocycles. The molecule has 0 aliphatic rings. The maximum absolute atomic E-state index is 9.34. The normalized spacial score (nSPS) is 13.3. The van der Waals surface area contributed by atoms with Crippen molar-refractivity contribution in [3.63, 3.8) is 0 Å². The van der Waals surface area contributed by atoms with E-state index in [4.69, 9.17) is 23.2 Å². The fourth-order valence-corrected chi connectivity index (χ4v) is 7.12. The van der Waals surface area contributed by atoms with Crippen molar-refractivity contribution in [2.45, 2.75) is 0 Å². The summed E-state index contributed by atoms with van der Waals surface area (Å²) in [6.07, 6.45) is 0. The van der Waals surface area contributed by atoms with Crippen LogP contribution in [0.2, 0.25) is 0 Å². The lowest BCUT2D eigenvalue weighted by molar-refractivity contribution is 1.06. The lowest BCUT2D eigenvalue weighted by atomic mass is 9.93. The molecule has 0 bridgehead atoms. The fourth-order valence-electron chi connectivity index (χ4n) is 7.12. The van der Waals surface area contributed by atoms with Crippen molar-refractivity contribution in [2.75, 3.05) is 0 Å². The zero-order valence-electron chi connectivity index (χ0n) is 37.3. The number of fused-ring (bicyclic) bond motifs is 3. The zero-order chi connectivity index (χ0) is 43.5. The highest BCUT2D eigenvalue weighted by atomic mass is 15.1. The molecule has 0 saturated heterocycles. The maximum Gasteiger partial charge on any atom is 0.166 e. The van der Waals surface area contributed by atoms with Gasteiger partial charge in [-0.05, 0) is 57.6 Å². The molecule has 0 radical (unpaired) electrons. The standard InChI is InChI=1S/C51H34N4/c1-4-16-35(17-5-1)36-28-30-39(31-29-36)50-52-49(38-20-8-3-9-21-38)53-51(54-50)45-33-32-40(42-23-11-10-22-41(42)37-18-6-2-7-19-37)34-48(45)55-46-26-14-12-24-43(46)44-25-13-15-27-47(44)55/h1-34H/i12D,13D,14D,15D,24D,25D,26D,27D. The van der Waals surface area contributed by atoms with Crippen LogP contribution in [0.4, 0.5) is 0 Å². The molecule has 0 aliphatic heterocycles. The Labute approximate surface area is 331 Å².